The summed E-state index contributed by atoms with van der Waals surface area (Å²) in [6.45, 7) is 1.23. The minimum atomic E-state index is -0.103. The molecule has 0 bridgehead atoms. The number of nitrogens with zero attached hydrogens (tertiary/aromatic N) is 1. The van der Waals surface area contributed by atoms with Gasteiger partial charge in [-0.05, 0) is 47.2 Å². The van der Waals surface area contributed by atoms with Crippen molar-refractivity contribution in [3.8, 4) is 11.1 Å². The lowest BCUT2D eigenvalue weighted by Gasteiger charge is -2.32. The van der Waals surface area contributed by atoms with Crippen LogP contribution < -0.4 is 5.32 Å². The van der Waals surface area contributed by atoms with Crippen molar-refractivity contribution in [2.75, 3.05) is 13.1 Å². The third-order valence-electron chi connectivity index (χ3n) is 6.29. The number of hydrogen-bond acceptors (Lipinski definition) is 2. The average molecular weight is 396 g/mol. The van der Waals surface area contributed by atoms with Crippen molar-refractivity contribution < 1.29 is 9.59 Å². The Morgan fingerprint density at radius 3 is 1.87 bits per heavy atom. The van der Waals surface area contributed by atoms with Crippen molar-refractivity contribution in [3.05, 3.63) is 95.6 Å². The van der Waals surface area contributed by atoms with Crippen LogP contribution in [0.3, 0.4) is 0 Å². The largest absolute Gasteiger partial charge is 0.345 e. The first kappa shape index (κ1) is 18.6. The van der Waals surface area contributed by atoms with Gasteiger partial charge >= 0.3 is 0 Å². The Morgan fingerprint density at radius 1 is 0.733 bits per heavy atom. The van der Waals surface area contributed by atoms with Gasteiger partial charge in [0, 0.05) is 24.6 Å². The Labute approximate surface area is 176 Å². The van der Waals surface area contributed by atoms with E-state index < -0.39 is 0 Å². The van der Waals surface area contributed by atoms with E-state index in [-0.39, 0.29) is 23.8 Å². The summed E-state index contributed by atoms with van der Waals surface area (Å²) in [5.74, 6) is 0.0659. The fraction of sp³-hybridized carbons (Fsp3) is 0.231. The van der Waals surface area contributed by atoms with Crippen LogP contribution in [0.2, 0.25) is 0 Å². The maximum atomic E-state index is 13.1. The van der Waals surface area contributed by atoms with Gasteiger partial charge in [0.1, 0.15) is 0 Å². The number of fused-ring (bicyclic) bond motifs is 3. The molecule has 4 heteroatoms. The van der Waals surface area contributed by atoms with Gasteiger partial charge in [-0.1, -0.05) is 66.7 Å². The van der Waals surface area contributed by atoms with Gasteiger partial charge in [0.2, 0.25) is 5.91 Å². The van der Waals surface area contributed by atoms with Gasteiger partial charge in [-0.25, -0.2) is 0 Å². The third-order valence-corrected chi connectivity index (χ3v) is 6.29. The summed E-state index contributed by atoms with van der Waals surface area (Å²) in [5, 5.41) is 3.29. The van der Waals surface area contributed by atoms with E-state index in [0.717, 1.165) is 11.1 Å². The summed E-state index contributed by atoms with van der Waals surface area (Å²) >= 11 is 0. The number of nitrogens with one attached hydrogen (secondary N) is 1. The molecular weight excluding hydrogens is 372 g/mol. The number of rotatable bonds is 3. The van der Waals surface area contributed by atoms with E-state index in [1.807, 2.05) is 59.5 Å². The van der Waals surface area contributed by atoms with E-state index in [1.54, 1.807) is 0 Å². The number of likely N-dealkylation sites (tertiary alicyclic amines) is 1. The molecule has 1 heterocycles. The second-order valence-corrected chi connectivity index (χ2v) is 8.05. The SMILES string of the molecule is O=C(NC1c2ccccc2-c2ccccc21)C1CCN(C(=O)c2ccccc2)CC1. The molecule has 1 N–H and O–H groups in total. The molecule has 4 nitrogen and oxygen atoms in total. The summed E-state index contributed by atoms with van der Waals surface area (Å²) in [6.07, 6.45) is 1.39. The molecule has 0 spiro atoms. The van der Waals surface area contributed by atoms with Gasteiger partial charge in [0.15, 0.2) is 0 Å². The maximum Gasteiger partial charge on any atom is 0.253 e. The number of carbonyl (C=O) groups is 2. The highest BCUT2D eigenvalue weighted by Crippen LogP contribution is 2.43. The Balaban J connectivity index is 1.27. The maximum absolute atomic E-state index is 13.1. The Kier molecular flexibility index (Phi) is 4.83. The molecule has 0 atom stereocenters. The zero-order valence-corrected chi connectivity index (χ0v) is 16.8. The topological polar surface area (TPSA) is 49.4 Å². The molecule has 2 amide bonds. The molecule has 1 aliphatic carbocycles. The number of benzene rings is 3. The molecule has 0 aromatic heterocycles. The number of piperidine rings is 1. The highest BCUT2D eigenvalue weighted by Gasteiger charge is 2.33. The quantitative estimate of drug-likeness (QED) is 0.712. The fourth-order valence-electron chi connectivity index (χ4n) is 4.68. The van der Waals surface area contributed by atoms with Crippen LogP contribution in [0.1, 0.15) is 40.4 Å². The van der Waals surface area contributed by atoms with Crippen molar-refractivity contribution >= 4 is 11.8 Å². The smallest absolute Gasteiger partial charge is 0.253 e. The Morgan fingerprint density at radius 2 is 1.27 bits per heavy atom. The minimum Gasteiger partial charge on any atom is -0.345 e. The molecule has 1 aliphatic heterocycles. The van der Waals surface area contributed by atoms with Crippen LogP contribution >= 0.6 is 0 Å². The first-order valence-electron chi connectivity index (χ1n) is 10.6. The molecule has 150 valence electrons. The van der Waals surface area contributed by atoms with Gasteiger partial charge in [0.05, 0.1) is 6.04 Å². The zero-order valence-electron chi connectivity index (χ0n) is 16.8. The average Bonchev–Trinajstić information content (AvgIpc) is 3.13. The second kappa shape index (κ2) is 7.79. The van der Waals surface area contributed by atoms with Crippen molar-refractivity contribution in [1.29, 1.82) is 0 Å². The number of amides is 2. The van der Waals surface area contributed by atoms with Crippen molar-refractivity contribution in [2.24, 2.45) is 5.92 Å². The Hall–Kier alpha value is -3.40. The molecular formula is C26H24N2O2. The van der Waals surface area contributed by atoms with Crippen LogP contribution in [-0.4, -0.2) is 29.8 Å². The summed E-state index contributed by atoms with van der Waals surface area (Å²) < 4.78 is 0. The van der Waals surface area contributed by atoms with E-state index in [4.69, 9.17) is 0 Å². The first-order valence-corrected chi connectivity index (χ1v) is 10.6. The number of carbonyl (C=O) groups excluding carboxylic acids is 2. The van der Waals surface area contributed by atoms with Crippen LogP contribution in [0.4, 0.5) is 0 Å². The van der Waals surface area contributed by atoms with Crippen LogP contribution in [0.25, 0.3) is 11.1 Å². The number of hydrogen-bond donors (Lipinski definition) is 1. The van der Waals surface area contributed by atoms with Gasteiger partial charge in [-0.3, -0.25) is 9.59 Å². The monoisotopic (exact) mass is 396 g/mol. The molecule has 0 radical (unpaired) electrons. The molecule has 0 unspecified atom stereocenters. The molecule has 30 heavy (non-hydrogen) atoms. The van der Waals surface area contributed by atoms with Crippen molar-refractivity contribution in [2.45, 2.75) is 18.9 Å². The van der Waals surface area contributed by atoms with Crippen LogP contribution in [0.15, 0.2) is 78.9 Å². The second-order valence-electron chi connectivity index (χ2n) is 8.05. The lowest BCUT2D eigenvalue weighted by Crippen LogP contribution is -2.43. The van der Waals surface area contributed by atoms with Gasteiger partial charge < -0.3 is 10.2 Å². The molecule has 3 aromatic rings. The Bertz CT molecular complexity index is 1040. The highest BCUT2D eigenvalue weighted by molar-refractivity contribution is 5.94. The van der Waals surface area contributed by atoms with Crippen molar-refractivity contribution in [1.82, 2.24) is 10.2 Å². The predicted molar refractivity (Wildman–Crippen MR) is 117 cm³/mol. The molecule has 5 rings (SSSR count). The lowest BCUT2D eigenvalue weighted by atomic mass is 9.94. The van der Waals surface area contributed by atoms with Gasteiger partial charge in [0.25, 0.3) is 5.91 Å². The highest BCUT2D eigenvalue weighted by atomic mass is 16.2. The normalized spacial score (nSPS) is 16.1. The van der Waals surface area contributed by atoms with Crippen LogP contribution in [0.5, 0.6) is 0 Å². The van der Waals surface area contributed by atoms with E-state index >= 15 is 0 Å². The lowest BCUT2D eigenvalue weighted by molar-refractivity contribution is -0.126. The first-order chi connectivity index (χ1) is 14.7. The van der Waals surface area contributed by atoms with E-state index in [2.05, 4.69) is 29.6 Å². The van der Waals surface area contributed by atoms with E-state index in [9.17, 15) is 9.59 Å². The van der Waals surface area contributed by atoms with Crippen LogP contribution in [0, 0.1) is 5.92 Å². The van der Waals surface area contributed by atoms with E-state index in [1.165, 1.54) is 11.1 Å². The summed E-state index contributed by atoms with van der Waals surface area (Å²) in [6, 6.07) is 25.8. The van der Waals surface area contributed by atoms with Crippen LogP contribution in [-0.2, 0) is 4.79 Å². The molecule has 1 fully saturated rings. The molecule has 1 saturated heterocycles. The third kappa shape index (κ3) is 3.28. The summed E-state index contributed by atoms with van der Waals surface area (Å²) in [4.78, 5) is 27.6. The van der Waals surface area contributed by atoms with Gasteiger partial charge in [-0.2, -0.15) is 0 Å². The fourth-order valence-corrected chi connectivity index (χ4v) is 4.68. The van der Waals surface area contributed by atoms with E-state index in [0.29, 0.717) is 31.5 Å². The minimum absolute atomic E-state index is 0.0492. The molecule has 3 aromatic carbocycles. The molecule has 0 saturated carbocycles. The summed E-state index contributed by atoms with van der Waals surface area (Å²) in [5.41, 5.74) is 5.41. The van der Waals surface area contributed by atoms with Gasteiger partial charge in [-0.15, -0.1) is 0 Å². The standard InChI is InChI=1S/C26H24N2O2/c29-25(18-14-16-28(17-15-18)26(30)19-8-2-1-3-9-19)27-24-22-12-6-4-10-20(22)21-11-5-7-13-23(21)24/h1-13,18,24H,14-17H2,(H,27,29). The predicted octanol–water partition coefficient (Wildman–Crippen LogP) is 4.43. The molecule has 2 aliphatic rings. The summed E-state index contributed by atoms with van der Waals surface area (Å²) in [7, 11) is 0. The zero-order chi connectivity index (χ0) is 20.5. The van der Waals surface area contributed by atoms with Crippen molar-refractivity contribution in [3.63, 3.8) is 0 Å².